The van der Waals surface area contributed by atoms with E-state index >= 15 is 0 Å². The molecule has 0 spiro atoms. The van der Waals surface area contributed by atoms with E-state index in [1.54, 1.807) is 18.2 Å². The number of carbonyl (C=O) groups excluding carboxylic acids is 2. The molecule has 2 rings (SSSR count). The van der Waals surface area contributed by atoms with E-state index in [1.165, 1.54) is 13.2 Å². The van der Waals surface area contributed by atoms with Crippen LogP contribution >= 0.6 is 11.6 Å². The molecule has 0 aromatic heterocycles. The van der Waals surface area contributed by atoms with Gasteiger partial charge < -0.3 is 19.5 Å². The first-order valence-corrected chi connectivity index (χ1v) is 9.70. The SMILES string of the molecule is COc1cc(C(=O)OCC(=O)NC(C)C(C)C)ccc1OCc1ccccc1Cl. The molecule has 1 unspecified atom stereocenters. The monoisotopic (exact) mass is 419 g/mol. The minimum atomic E-state index is -0.617. The van der Waals surface area contributed by atoms with Gasteiger partial charge >= 0.3 is 5.97 Å². The highest BCUT2D eigenvalue weighted by Gasteiger charge is 2.16. The van der Waals surface area contributed by atoms with Crippen LogP contribution < -0.4 is 14.8 Å². The minimum absolute atomic E-state index is 0.00385. The molecule has 0 heterocycles. The van der Waals surface area contributed by atoms with Gasteiger partial charge in [-0.3, -0.25) is 4.79 Å². The summed E-state index contributed by atoms with van der Waals surface area (Å²) >= 11 is 6.13. The fourth-order valence-corrected chi connectivity index (χ4v) is 2.55. The highest BCUT2D eigenvalue weighted by atomic mass is 35.5. The molecule has 0 saturated heterocycles. The summed E-state index contributed by atoms with van der Waals surface area (Å²) in [5, 5.41) is 3.39. The van der Waals surface area contributed by atoms with E-state index in [4.69, 9.17) is 25.8 Å². The molecule has 2 aromatic rings. The Morgan fingerprint density at radius 2 is 1.79 bits per heavy atom. The Morgan fingerprint density at radius 3 is 2.45 bits per heavy atom. The van der Waals surface area contributed by atoms with Gasteiger partial charge in [-0.2, -0.15) is 0 Å². The van der Waals surface area contributed by atoms with Crippen molar-refractivity contribution in [2.45, 2.75) is 33.4 Å². The number of benzene rings is 2. The second-order valence-corrected chi connectivity index (χ2v) is 7.33. The van der Waals surface area contributed by atoms with E-state index in [0.717, 1.165) is 5.56 Å². The van der Waals surface area contributed by atoms with Gasteiger partial charge in [0.1, 0.15) is 6.61 Å². The van der Waals surface area contributed by atoms with Crippen molar-refractivity contribution in [3.05, 3.63) is 58.6 Å². The summed E-state index contributed by atoms with van der Waals surface area (Å²) < 4.78 is 16.2. The first-order chi connectivity index (χ1) is 13.8. The summed E-state index contributed by atoms with van der Waals surface area (Å²) in [5.41, 5.74) is 1.10. The van der Waals surface area contributed by atoms with Crippen LogP contribution in [0.2, 0.25) is 5.02 Å². The minimum Gasteiger partial charge on any atom is -0.493 e. The quantitative estimate of drug-likeness (QED) is 0.615. The van der Waals surface area contributed by atoms with Crippen LogP contribution in [-0.2, 0) is 16.1 Å². The molecule has 0 aliphatic heterocycles. The van der Waals surface area contributed by atoms with Gasteiger partial charge in [-0.05, 0) is 37.1 Å². The molecule has 1 atom stereocenters. The molecular formula is C22H26ClNO5. The van der Waals surface area contributed by atoms with Crippen LogP contribution in [0.1, 0.15) is 36.7 Å². The number of halogens is 1. The van der Waals surface area contributed by atoms with Crippen LogP contribution in [0, 0.1) is 5.92 Å². The standard InChI is InChI=1S/C22H26ClNO5/c1-14(2)15(3)24-21(25)13-29-22(26)16-9-10-19(20(11-16)27-4)28-12-17-7-5-6-8-18(17)23/h5-11,14-15H,12-13H2,1-4H3,(H,24,25). The van der Waals surface area contributed by atoms with E-state index in [-0.39, 0.29) is 36.6 Å². The Hall–Kier alpha value is -2.73. The van der Waals surface area contributed by atoms with E-state index in [0.29, 0.717) is 16.5 Å². The number of ether oxygens (including phenoxy) is 3. The number of hydrogen-bond donors (Lipinski definition) is 1. The van der Waals surface area contributed by atoms with Crippen LogP contribution in [0.25, 0.3) is 0 Å². The first kappa shape index (κ1) is 22.6. The summed E-state index contributed by atoms with van der Waals surface area (Å²) in [6.07, 6.45) is 0. The van der Waals surface area contributed by atoms with Gasteiger partial charge in [-0.25, -0.2) is 4.79 Å². The molecule has 0 radical (unpaired) electrons. The Morgan fingerprint density at radius 1 is 1.07 bits per heavy atom. The van der Waals surface area contributed by atoms with Gasteiger partial charge in [-0.15, -0.1) is 0 Å². The molecule has 29 heavy (non-hydrogen) atoms. The second kappa shape index (κ2) is 10.7. The lowest BCUT2D eigenvalue weighted by molar-refractivity contribution is -0.125. The van der Waals surface area contributed by atoms with E-state index in [1.807, 2.05) is 39.0 Å². The lowest BCUT2D eigenvalue weighted by atomic mass is 10.1. The Labute approximate surface area is 176 Å². The third-order valence-corrected chi connectivity index (χ3v) is 4.83. The smallest absolute Gasteiger partial charge is 0.338 e. The highest BCUT2D eigenvalue weighted by Crippen LogP contribution is 2.30. The molecule has 0 aliphatic carbocycles. The van der Waals surface area contributed by atoms with Crippen molar-refractivity contribution in [3.63, 3.8) is 0 Å². The van der Waals surface area contributed by atoms with Crippen molar-refractivity contribution in [1.29, 1.82) is 0 Å². The van der Waals surface area contributed by atoms with Gasteiger partial charge in [0.2, 0.25) is 0 Å². The molecule has 0 bridgehead atoms. The zero-order chi connectivity index (χ0) is 21.4. The number of amides is 1. The predicted octanol–water partition coefficient (Wildman–Crippen LogP) is 4.25. The summed E-state index contributed by atoms with van der Waals surface area (Å²) in [6, 6.07) is 12.1. The van der Waals surface area contributed by atoms with Crippen LogP contribution in [0.15, 0.2) is 42.5 Å². The maximum Gasteiger partial charge on any atom is 0.338 e. The zero-order valence-electron chi connectivity index (χ0n) is 17.0. The number of hydrogen-bond acceptors (Lipinski definition) is 5. The largest absolute Gasteiger partial charge is 0.493 e. The average molecular weight is 420 g/mol. The van der Waals surface area contributed by atoms with Crippen molar-refractivity contribution in [2.75, 3.05) is 13.7 Å². The Bertz CT molecular complexity index is 853. The van der Waals surface area contributed by atoms with Gasteiger partial charge in [0.15, 0.2) is 18.1 Å². The molecule has 7 heteroatoms. The van der Waals surface area contributed by atoms with Crippen LogP contribution in [-0.4, -0.2) is 31.6 Å². The van der Waals surface area contributed by atoms with Crippen molar-refractivity contribution < 1.29 is 23.8 Å². The van der Waals surface area contributed by atoms with Gasteiger partial charge in [0.05, 0.1) is 12.7 Å². The summed E-state index contributed by atoms with van der Waals surface area (Å²) in [6.45, 7) is 5.81. The van der Waals surface area contributed by atoms with E-state index in [2.05, 4.69) is 5.32 Å². The Kier molecular flexibility index (Phi) is 8.34. The van der Waals surface area contributed by atoms with E-state index < -0.39 is 5.97 Å². The third kappa shape index (κ3) is 6.68. The molecular weight excluding hydrogens is 394 g/mol. The fourth-order valence-electron chi connectivity index (χ4n) is 2.36. The van der Waals surface area contributed by atoms with Crippen molar-refractivity contribution in [3.8, 4) is 11.5 Å². The first-order valence-electron chi connectivity index (χ1n) is 9.32. The molecule has 0 saturated carbocycles. The highest BCUT2D eigenvalue weighted by molar-refractivity contribution is 6.31. The normalized spacial score (nSPS) is 11.7. The van der Waals surface area contributed by atoms with Crippen molar-refractivity contribution in [1.82, 2.24) is 5.32 Å². The van der Waals surface area contributed by atoms with Gasteiger partial charge in [-0.1, -0.05) is 43.6 Å². The van der Waals surface area contributed by atoms with Gasteiger partial charge in [0.25, 0.3) is 5.91 Å². The summed E-state index contributed by atoms with van der Waals surface area (Å²) in [7, 11) is 1.48. The second-order valence-electron chi connectivity index (χ2n) is 6.92. The van der Waals surface area contributed by atoms with Crippen molar-refractivity contribution >= 4 is 23.5 Å². The summed E-state index contributed by atoms with van der Waals surface area (Å²) in [4.78, 5) is 24.1. The maximum absolute atomic E-state index is 12.3. The van der Waals surface area contributed by atoms with Crippen molar-refractivity contribution in [2.24, 2.45) is 5.92 Å². The topological polar surface area (TPSA) is 73.9 Å². The molecule has 1 amide bonds. The molecule has 1 N–H and O–H groups in total. The van der Waals surface area contributed by atoms with Crippen LogP contribution in [0.5, 0.6) is 11.5 Å². The molecule has 0 aliphatic rings. The zero-order valence-corrected chi connectivity index (χ0v) is 17.8. The number of carbonyl (C=O) groups is 2. The molecule has 6 nitrogen and oxygen atoms in total. The lowest BCUT2D eigenvalue weighted by Crippen LogP contribution is -2.38. The number of rotatable bonds is 9. The van der Waals surface area contributed by atoms with E-state index in [9.17, 15) is 9.59 Å². The third-order valence-electron chi connectivity index (χ3n) is 4.46. The van der Waals surface area contributed by atoms with Gasteiger partial charge in [0, 0.05) is 16.6 Å². The predicted molar refractivity (Wildman–Crippen MR) is 112 cm³/mol. The molecule has 2 aromatic carbocycles. The number of methoxy groups -OCH3 is 1. The number of nitrogens with one attached hydrogen (secondary N) is 1. The average Bonchev–Trinajstić information content (AvgIpc) is 2.71. The Balaban J connectivity index is 1.97. The fraction of sp³-hybridized carbons (Fsp3) is 0.364. The lowest BCUT2D eigenvalue weighted by Gasteiger charge is -2.17. The molecule has 156 valence electrons. The van der Waals surface area contributed by atoms with Crippen LogP contribution in [0.4, 0.5) is 0 Å². The maximum atomic E-state index is 12.3. The molecule has 0 fully saturated rings. The van der Waals surface area contributed by atoms with Crippen LogP contribution in [0.3, 0.4) is 0 Å². The summed E-state index contributed by atoms with van der Waals surface area (Å²) in [5.74, 6) is 0.175. The number of esters is 1.